The van der Waals surface area contributed by atoms with Gasteiger partial charge in [-0.2, -0.15) is 0 Å². The maximum Gasteiger partial charge on any atom is 0.144 e. The summed E-state index contributed by atoms with van der Waals surface area (Å²) < 4.78 is 5.20. The Balaban J connectivity index is 2.11. The maximum atomic E-state index is 5.86. The number of nitrogens with zero attached hydrogens (tertiary/aromatic N) is 3. The van der Waals surface area contributed by atoms with Crippen molar-refractivity contribution in [2.75, 3.05) is 24.8 Å². The van der Waals surface area contributed by atoms with Gasteiger partial charge < -0.3 is 15.4 Å². The van der Waals surface area contributed by atoms with Gasteiger partial charge in [-0.1, -0.05) is 0 Å². The van der Waals surface area contributed by atoms with E-state index in [-0.39, 0.29) is 0 Å². The third-order valence-corrected chi connectivity index (χ3v) is 3.59. The van der Waals surface area contributed by atoms with Crippen molar-refractivity contribution in [2.45, 2.75) is 6.92 Å². The second kappa shape index (κ2) is 5.52. The molecule has 3 aromatic rings. The van der Waals surface area contributed by atoms with Gasteiger partial charge in [0, 0.05) is 23.8 Å². The van der Waals surface area contributed by atoms with Crippen molar-refractivity contribution in [1.29, 1.82) is 0 Å². The van der Waals surface area contributed by atoms with E-state index in [4.69, 9.17) is 10.5 Å². The van der Waals surface area contributed by atoms with Gasteiger partial charge in [-0.25, -0.2) is 9.97 Å². The van der Waals surface area contributed by atoms with Crippen LogP contribution in [0.1, 0.15) is 5.82 Å². The Morgan fingerprint density at radius 1 is 1.05 bits per heavy atom. The van der Waals surface area contributed by atoms with Crippen LogP contribution >= 0.6 is 0 Å². The van der Waals surface area contributed by atoms with Crippen LogP contribution < -0.4 is 15.4 Å². The van der Waals surface area contributed by atoms with E-state index in [0.717, 1.165) is 28.2 Å². The molecule has 5 nitrogen and oxygen atoms in total. The first kappa shape index (κ1) is 14.1. The molecule has 0 bridgehead atoms. The number of hydrogen-bond donors (Lipinski definition) is 1. The van der Waals surface area contributed by atoms with E-state index < -0.39 is 0 Å². The maximum absolute atomic E-state index is 5.86. The Hall–Kier alpha value is -2.82. The average molecular weight is 294 g/mol. The highest BCUT2D eigenvalue weighted by Crippen LogP contribution is 2.30. The van der Waals surface area contributed by atoms with Gasteiger partial charge in [0.2, 0.25) is 0 Å². The summed E-state index contributed by atoms with van der Waals surface area (Å²) >= 11 is 0. The highest BCUT2D eigenvalue weighted by Gasteiger charge is 2.12. The third-order valence-electron chi connectivity index (χ3n) is 3.59. The fourth-order valence-corrected chi connectivity index (χ4v) is 2.43. The van der Waals surface area contributed by atoms with Crippen LogP contribution in [0.15, 0.2) is 42.5 Å². The number of fused-ring (bicyclic) bond motifs is 1. The summed E-state index contributed by atoms with van der Waals surface area (Å²) in [6.45, 7) is 1.88. The highest BCUT2D eigenvalue weighted by atomic mass is 16.5. The summed E-state index contributed by atoms with van der Waals surface area (Å²) in [6.07, 6.45) is 0. The molecule has 0 saturated carbocycles. The van der Waals surface area contributed by atoms with Crippen molar-refractivity contribution in [1.82, 2.24) is 9.97 Å². The first-order valence-corrected chi connectivity index (χ1v) is 7.00. The Kier molecular flexibility index (Phi) is 3.55. The van der Waals surface area contributed by atoms with Gasteiger partial charge in [0.05, 0.1) is 12.6 Å². The Bertz CT molecular complexity index is 810. The van der Waals surface area contributed by atoms with E-state index in [0.29, 0.717) is 11.5 Å². The minimum Gasteiger partial charge on any atom is -0.497 e. The zero-order chi connectivity index (χ0) is 15.7. The van der Waals surface area contributed by atoms with Gasteiger partial charge in [-0.05, 0) is 49.4 Å². The molecule has 5 heteroatoms. The smallest absolute Gasteiger partial charge is 0.144 e. The zero-order valence-corrected chi connectivity index (χ0v) is 12.9. The van der Waals surface area contributed by atoms with Crippen molar-refractivity contribution < 1.29 is 4.74 Å². The summed E-state index contributed by atoms with van der Waals surface area (Å²) in [5, 5.41) is 0.970. The van der Waals surface area contributed by atoms with Gasteiger partial charge in [-0.15, -0.1) is 0 Å². The van der Waals surface area contributed by atoms with Crippen LogP contribution in [0.2, 0.25) is 0 Å². The van der Waals surface area contributed by atoms with Crippen molar-refractivity contribution in [2.24, 2.45) is 0 Å². The van der Waals surface area contributed by atoms with Gasteiger partial charge in [0.15, 0.2) is 0 Å². The molecule has 3 rings (SSSR count). The van der Waals surface area contributed by atoms with E-state index in [1.54, 1.807) is 7.11 Å². The average Bonchev–Trinajstić information content (AvgIpc) is 2.53. The van der Waals surface area contributed by atoms with E-state index in [2.05, 4.69) is 9.97 Å². The number of methoxy groups -OCH3 is 1. The molecular weight excluding hydrogens is 276 g/mol. The van der Waals surface area contributed by atoms with Crippen LogP contribution in [0, 0.1) is 6.92 Å². The van der Waals surface area contributed by atoms with Crippen LogP contribution in [-0.4, -0.2) is 24.1 Å². The lowest BCUT2D eigenvalue weighted by molar-refractivity contribution is 0.415. The van der Waals surface area contributed by atoms with Crippen LogP contribution in [0.4, 0.5) is 17.2 Å². The first-order valence-electron chi connectivity index (χ1n) is 7.00. The van der Waals surface area contributed by atoms with Crippen molar-refractivity contribution in [3.8, 4) is 5.75 Å². The molecule has 0 aliphatic rings. The number of rotatable bonds is 3. The Morgan fingerprint density at radius 3 is 2.45 bits per heavy atom. The molecule has 0 unspecified atom stereocenters. The quantitative estimate of drug-likeness (QED) is 0.751. The predicted molar refractivity (Wildman–Crippen MR) is 89.7 cm³/mol. The predicted octanol–water partition coefficient (Wildman–Crippen LogP) is 3.30. The molecule has 1 aromatic heterocycles. The number of aryl methyl sites for hydroxylation is 1. The number of hydrogen-bond acceptors (Lipinski definition) is 5. The normalized spacial score (nSPS) is 10.7. The molecule has 2 N–H and O–H groups in total. The van der Waals surface area contributed by atoms with Gasteiger partial charge in [-0.3, -0.25) is 0 Å². The fourth-order valence-electron chi connectivity index (χ4n) is 2.43. The molecule has 0 atom stereocenters. The lowest BCUT2D eigenvalue weighted by Gasteiger charge is -2.20. The largest absolute Gasteiger partial charge is 0.497 e. The van der Waals surface area contributed by atoms with Crippen LogP contribution in [0.5, 0.6) is 5.75 Å². The second-order valence-electron chi connectivity index (χ2n) is 5.13. The standard InChI is InChI=1S/C17H18N4O/c1-11-19-16-10-12(18)4-9-15(16)17(20-11)21(2)13-5-7-14(22-3)8-6-13/h4-10H,18H2,1-3H3. The summed E-state index contributed by atoms with van der Waals surface area (Å²) in [5.74, 6) is 2.40. The second-order valence-corrected chi connectivity index (χ2v) is 5.13. The van der Waals surface area contributed by atoms with E-state index in [1.807, 2.05) is 61.3 Å². The van der Waals surface area contributed by atoms with Crippen molar-refractivity contribution >= 4 is 28.1 Å². The molecule has 0 aliphatic carbocycles. The van der Waals surface area contributed by atoms with E-state index in [9.17, 15) is 0 Å². The molecule has 1 heterocycles. The minimum absolute atomic E-state index is 0.698. The number of benzene rings is 2. The SMILES string of the molecule is COc1ccc(N(C)c2nc(C)nc3cc(N)ccc23)cc1. The molecule has 22 heavy (non-hydrogen) atoms. The van der Waals surface area contributed by atoms with Crippen molar-refractivity contribution in [3.63, 3.8) is 0 Å². The number of aromatic nitrogens is 2. The fraction of sp³-hybridized carbons (Fsp3) is 0.176. The molecule has 0 spiro atoms. The molecule has 112 valence electrons. The van der Waals surface area contributed by atoms with Gasteiger partial charge in [0.1, 0.15) is 17.4 Å². The number of nitrogen functional groups attached to an aromatic ring is 1. The molecule has 0 aliphatic heterocycles. The topological polar surface area (TPSA) is 64.3 Å². The van der Waals surface area contributed by atoms with E-state index in [1.165, 1.54) is 0 Å². The Morgan fingerprint density at radius 2 is 1.77 bits per heavy atom. The molecule has 0 amide bonds. The van der Waals surface area contributed by atoms with E-state index >= 15 is 0 Å². The summed E-state index contributed by atoms with van der Waals surface area (Å²) in [5.41, 5.74) is 8.43. The number of ether oxygens (including phenoxy) is 1. The van der Waals surface area contributed by atoms with Crippen LogP contribution in [0.3, 0.4) is 0 Å². The lowest BCUT2D eigenvalue weighted by Crippen LogP contribution is -2.13. The zero-order valence-electron chi connectivity index (χ0n) is 12.9. The van der Waals surface area contributed by atoms with Gasteiger partial charge in [0.25, 0.3) is 0 Å². The van der Waals surface area contributed by atoms with Crippen molar-refractivity contribution in [3.05, 3.63) is 48.3 Å². The molecule has 2 aromatic carbocycles. The first-order chi connectivity index (χ1) is 10.6. The summed E-state index contributed by atoms with van der Waals surface area (Å²) in [6, 6.07) is 13.6. The molecule has 0 radical (unpaired) electrons. The monoisotopic (exact) mass is 294 g/mol. The molecular formula is C17H18N4O. The summed E-state index contributed by atoms with van der Waals surface area (Å²) in [7, 11) is 3.64. The molecule has 0 saturated heterocycles. The number of nitrogens with two attached hydrogens (primary N) is 1. The number of anilines is 3. The summed E-state index contributed by atoms with van der Waals surface area (Å²) in [4.78, 5) is 11.1. The Labute approximate surface area is 129 Å². The van der Waals surface area contributed by atoms with Gasteiger partial charge >= 0.3 is 0 Å². The van der Waals surface area contributed by atoms with Crippen LogP contribution in [0.25, 0.3) is 10.9 Å². The molecule has 0 fully saturated rings. The highest BCUT2D eigenvalue weighted by molar-refractivity contribution is 5.93. The lowest BCUT2D eigenvalue weighted by atomic mass is 10.2. The minimum atomic E-state index is 0.698. The van der Waals surface area contributed by atoms with Crippen LogP contribution in [-0.2, 0) is 0 Å². The third kappa shape index (κ3) is 2.53.